The molecule has 0 atom stereocenters. The minimum absolute atomic E-state index is 0.0756. The van der Waals surface area contributed by atoms with Gasteiger partial charge in [-0.1, -0.05) is 6.92 Å². The van der Waals surface area contributed by atoms with Crippen LogP contribution in [0.3, 0.4) is 0 Å². The number of hydrogen-bond acceptors (Lipinski definition) is 6. The Hall–Kier alpha value is -2.59. The van der Waals surface area contributed by atoms with Crippen molar-refractivity contribution in [2.24, 2.45) is 5.92 Å². The van der Waals surface area contributed by atoms with Crippen LogP contribution in [0, 0.1) is 16.0 Å². The molecule has 1 aromatic heterocycles. The van der Waals surface area contributed by atoms with Crippen LogP contribution < -0.4 is 15.8 Å². The van der Waals surface area contributed by atoms with Gasteiger partial charge in [-0.15, -0.1) is 0 Å². The summed E-state index contributed by atoms with van der Waals surface area (Å²) in [5.41, 5.74) is 4.83. The number of alkyl halides is 3. The highest BCUT2D eigenvalue weighted by molar-refractivity contribution is 5.97. The Labute approximate surface area is 153 Å². The molecule has 150 valence electrons. The average Bonchev–Trinajstić information content (AvgIpc) is 2.59. The van der Waals surface area contributed by atoms with Crippen molar-refractivity contribution >= 4 is 17.4 Å². The van der Waals surface area contributed by atoms with E-state index in [0.717, 1.165) is 6.07 Å². The number of nitrogens with zero attached hydrogens (tertiary/aromatic N) is 2. The minimum atomic E-state index is -4.24. The Bertz CT molecular complexity index is 704. The van der Waals surface area contributed by atoms with Crippen LogP contribution >= 0.6 is 0 Å². The quantitative estimate of drug-likeness (QED) is 0.568. The first-order valence-corrected chi connectivity index (χ1v) is 8.58. The highest BCUT2D eigenvalue weighted by Crippen LogP contribution is 2.37. The number of rotatable bonds is 6. The van der Waals surface area contributed by atoms with E-state index in [-0.39, 0.29) is 49.6 Å². The molecule has 0 unspecified atom stereocenters. The molecule has 2 rings (SSSR count). The van der Waals surface area contributed by atoms with Crippen molar-refractivity contribution in [3.63, 3.8) is 0 Å². The van der Waals surface area contributed by atoms with Crippen molar-refractivity contribution in [3.8, 4) is 5.88 Å². The monoisotopic (exact) mass is 390 g/mol. The van der Waals surface area contributed by atoms with Crippen molar-refractivity contribution in [2.45, 2.75) is 51.2 Å². The molecule has 0 radical (unpaired) electrons. The van der Waals surface area contributed by atoms with Gasteiger partial charge in [0, 0.05) is 12.1 Å². The molecular weight excluding hydrogens is 369 g/mol. The molecule has 0 bridgehead atoms. The number of anilines is 1. The van der Waals surface area contributed by atoms with E-state index in [0.29, 0.717) is 6.42 Å². The van der Waals surface area contributed by atoms with E-state index in [9.17, 15) is 28.1 Å². The molecule has 0 saturated heterocycles. The van der Waals surface area contributed by atoms with Crippen LogP contribution in [0.1, 0.15) is 49.4 Å². The second-order valence-corrected chi connectivity index (χ2v) is 6.41. The SMILES string of the molecule is CCCOc1nc(N)c([N+](=O)[O-])cc1C(=O)NC1CCC(C(F)(F)F)CC1. The summed E-state index contributed by atoms with van der Waals surface area (Å²) in [6.45, 7) is 2.05. The lowest BCUT2D eigenvalue weighted by Crippen LogP contribution is -2.40. The second-order valence-electron chi connectivity index (χ2n) is 6.41. The van der Waals surface area contributed by atoms with Gasteiger partial charge in [0.25, 0.3) is 5.91 Å². The standard InChI is InChI=1S/C16H21F3N4O4/c1-2-7-27-15-11(8-12(23(25)26)13(20)22-15)14(24)21-10-5-3-9(4-6-10)16(17,18)19/h8-10H,2-7H2,1H3,(H2,20,22)(H,21,24). The first kappa shape index (κ1) is 20.7. The number of nitrogens with two attached hydrogens (primary N) is 1. The lowest BCUT2D eigenvalue weighted by atomic mass is 9.85. The second kappa shape index (κ2) is 8.40. The van der Waals surface area contributed by atoms with Gasteiger partial charge in [0.1, 0.15) is 5.56 Å². The van der Waals surface area contributed by atoms with Gasteiger partial charge in [0.05, 0.1) is 17.4 Å². The van der Waals surface area contributed by atoms with E-state index < -0.39 is 34.7 Å². The lowest BCUT2D eigenvalue weighted by molar-refractivity contribution is -0.384. The number of ether oxygens (including phenoxy) is 1. The summed E-state index contributed by atoms with van der Waals surface area (Å²) in [5, 5.41) is 13.7. The number of nitrogens with one attached hydrogen (secondary N) is 1. The fraction of sp³-hybridized carbons (Fsp3) is 0.625. The molecule has 1 amide bonds. The number of halogens is 3. The minimum Gasteiger partial charge on any atom is -0.477 e. The molecule has 0 aromatic carbocycles. The van der Waals surface area contributed by atoms with Gasteiger partial charge in [0.15, 0.2) is 0 Å². The third kappa shape index (κ3) is 5.20. The molecule has 11 heteroatoms. The summed E-state index contributed by atoms with van der Waals surface area (Å²) < 4.78 is 43.6. The average molecular weight is 390 g/mol. The van der Waals surface area contributed by atoms with E-state index in [1.807, 2.05) is 6.92 Å². The van der Waals surface area contributed by atoms with E-state index in [2.05, 4.69) is 10.3 Å². The fourth-order valence-corrected chi connectivity index (χ4v) is 2.95. The van der Waals surface area contributed by atoms with Gasteiger partial charge in [-0.3, -0.25) is 14.9 Å². The molecule has 3 N–H and O–H groups in total. The Morgan fingerprint density at radius 3 is 2.56 bits per heavy atom. The van der Waals surface area contributed by atoms with Gasteiger partial charge in [-0.25, -0.2) is 0 Å². The van der Waals surface area contributed by atoms with Crippen LogP contribution in [-0.2, 0) is 0 Å². The van der Waals surface area contributed by atoms with E-state index >= 15 is 0 Å². The largest absolute Gasteiger partial charge is 0.477 e. The Balaban J connectivity index is 2.15. The number of amides is 1. The third-order valence-corrected chi connectivity index (χ3v) is 4.41. The zero-order chi connectivity index (χ0) is 20.2. The third-order valence-electron chi connectivity index (χ3n) is 4.41. The summed E-state index contributed by atoms with van der Waals surface area (Å²) in [6, 6.07) is 0.524. The number of nitro groups is 1. The van der Waals surface area contributed by atoms with Crippen molar-refractivity contribution in [3.05, 3.63) is 21.7 Å². The number of hydrogen-bond donors (Lipinski definition) is 2. The number of pyridine rings is 1. The summed E-state index contributed by atoms with van der Waals surface area (Å²) in [4.78, 5) is 26.6. The highest BCUT2D eigenvalue weighted by Gasteiger charge is 2.41. The molecule has 1 saturated carbocycles. The number of nitrogen functional groups attached to an aromatic ring is 1. The van der Waals surface area contributed by atoms with Crippen LogP contribution in [0.15, 0.2) is 6.07 Å². The van der Waals surface area contributed by atoms with E-state index in [1.54, 1.807) is 0 Å². The van der Waals surface area contributed by atoms with Gasteiger partial charge < -0.3 is 15.8 Å². The summed E-state index contributed by atoms with van der Waals surface area (Å²) in [7, 11) is 0. The van der Waals surface area contributed by atoms with Crippen molar-refractivity contribution in [1.82, 2.24) is 10.3 Å². The van der Waals surface area contributed by atoms with Crippen molar-refractivity contribution in [1.29, 1.82) is 0 Å². The topological polar surface area (TPSA) is 120 Å². The van der Waals surface area contributed by atoms with Gasteiger partial charge in [0.2, 0.25) is 11.7 Å². The van der Waals surface area contributed by atoms with E-state index in [1.165, 1.54) is 0 Å². The normalized spacial score (nSPS) is 20.1. The Kier molecular flexibility index (Phi) is 6.45. The summed E-state index contributed by atoms with van der Waals surface area (Å²) >= 11 is 0. The number of aromatic nitrogens is 1. The molecule has 1 fully saturated rings. The number of carbonyl (C=O) groups excluding carboxylic acids is 1. The molecule has 1 aromatic rings. The molecule has 1 heterocycles. The predicted octanol–water partition coefficient (Wildman–Crippen LogP) is 3.21. The summed E-state index contributed by atoms with van der Waals surface area (Å²) in [6.07, 6.45) is -3.43. The van der Waals surface area contributed by atoms with Gasteiger partial charge in [-0.05, 0) is 32.1 Å². The van der Waals surface area contributed by atoms with E-state index in [4.69, 9.17) is 10.5 Å². The zero-order valence-corrected chi connectivity index (χ0v) is 14.7. The Morgan fingerprint density at radius 2 is 2.04 bits per heavy atom. The smallest absolute Gasteiger partial charge is 0.391 e. The Morgan fingerprint density at radius 1 is 1.41 bits per heavy atom. The number of carbonyl (C=O) groups is 1. The maximum absolute atomic E-state index is 12.7. The van der Waals surface area contributed by atoms with Crippen LogP contribution in [0.4, 0.5) is 24.7 Å². The van der Waals surface area contributed by atoms with Gasteiger partial charge >= 0.3 is 11.9 Å². The maximum Gasteiger partial charge on any atom is 0.391 e. The van der Waals surface area contributed by atoms with Crippen LogP contribution in [0.2, 0.25) is 0 Å². The molecule has 8 nitrogen and oxygen atoms in total. The fourth-order valence-electron chi connectivity index (χ4n) is 2.95. The molecular formula is C16H21F3N4O4. The zero-order valence-electron chi connectivity index (χ0n) is 14.7. The molecule has 27 heavy (non-hydrogen) atoms. The lowest BCUT2D eigenvalue weighted by Gasteiger charge is -2.30. The van der Waals surface area contributed by atoms with Crippen molar-refractivity contribution in [2.75, 3.05) is 12.3 Å². The van der Waals surface area contributed by atoms with Crippen LogP contribution in [0.5, 0.6) is 5.88 Å². The maximum atomic E-state index is 12.7. The first-order chi connectivity index (χ1) is 12.6. The molecule has 0 aliphatic heterocycles. The molecule has 0 spiro atoms. The molecule has 1 aliphatic rings. The van der Waals surface area contributed by atoms with Crippen molar-refractivity contribution < 1.29 is 27.6 Å². The predicted molar refractivity (Wildman–Crippen MR) is 90.4 cm³/mol. The van der Waals surface area contributed by atoms with Gasteiger partial charge in [-0.2, -0.15) is 18.2 Å². The van der Waals surface area contributed by atoms with Crippen LogP contribution in [-0.4, -0.2) is 34.6 Å². The summed E-state index contributed by atoms with van der Waals surface area (Å²) in [5.74, 6) is -2.57. The van der Waals surface area contributed by atoms with Crippen LogP contribution in [0.25, 0.3) is 0 Å². The molecule has 1 aliphatic carbocycles. The highest BCUT2D eigenvalue weighted by atomic mass is 19.4. The first-order valence-electron chi connectivity index (χ1n) is 8.58.